The standard InChI is InChI=1S/C12H14N6O/c1-7-4-16-8(5-15-7)6-17-12-9(13)2-3-10(18-12)11(14)19/h2-5H,6,13H2,1H3,(H2,14,19)(H,17,18). The summed E-state index contributed by atoms with van der Waals surface area (Å²) in [6.07, 6.45) is 3.34. The van der Waals surface area contributed by atoms with E-state index in [9.17, 15) is 4.79 Å². The van der Waals surface area contributed by atoms with Crippen LogP contribution in [-0.2, 0) is 6.54 Å². The van der Waals surface area contributed by atoms with E-state index in [1.165, 1.54) is 6.07 Å². The third-order valence-electron chi connectivity index (χ3n) is 2.45. The van der Waals surface area contributed by atoms with Gasteiger partial charge in [-0.2, -0.15) is 0 Å². The third kappa shape index (κ3) is 3.15. The Bertz CT molecular complexity index is 596. The molecular formula is C12H14N6O. The zero-order valence-electron chi connectivity index (χ0n) is 10.4. The molecule has 98 valence electrons. The van der Waals surface area contributed by atoms with E-state index in [2.05, 4.69) is 20.3 Å². The van der Waals surface area contributed by atoms with Gasteiger partial charge in [0.1, 0.15) is 11.5 Å². The molecule has 0 saturated carbocycles. The van der Waals surface area contributed by atoms with Gasteiger partial charge in [0.15, 0.2) is 0 Å². The fraction of sp³-hybridized carbons (Fsp3) is 0.167. The van der Waals surface area contributed by atoms with Crippen LogP contribution in [0.1, 0.15) is 21.9 Å². The van der Waals surface area contributed by atoms with Crippen LogP contribution in [-0.4, -0.2) is 20.9 Å². The molecule has 0 fully saturated rings. The van der Waals surface area contributed by atoms with E-state index in [1.54, 1.807) is 18.5 Å². The van der Waals surface area contributed by atoms with Gasteiger partial charge in [0.2, 0.25) is 0 Å². The number of pyridine rings is 1. The Kier molecular flexibility index (Phi) is 3.56. The molecule has 7 heteroatoms. The largest absolute Gasteiger partial charge is 0.396 e. The molecule has 2 heterocycles. The van der Waals surface area contributed by atoms with Gasteiger partial charge in [0.05, 0.1) is 29.8 Å². The number of hydrogen-bond acceptors (Lipinski definition) is 6. The summed E-state index contributed by atoms with van der Waals surface area (Å²) < 4.78 is 0. The van der Waals surface area contributed by atoms with E-state index in [0.717, 1.165) is 11.4 Å². The molecule has 0 spiro atoms. The fourth-order valence-electron chi connectivity index (χ4n) is 1.43. The molecular weight excluding hydrogens is 244 g/mol. The first-order chi connectivity index (χ1) is 9.06. The predicted molar refractivity (Wildman–Crippen MR) is 71.3 cm³/mol. The van der Waals surface area contributed by atoms with Gasteiger partial charge in [-0.25, -0.2) is 4.98 Å². The van der Waals surface area contributed by atoms with E-state index < -0.39 is 5.91 Å². The highest BCUT2D eigenvalue weighted by Crippen LogP contribution is 2.16. The lowest BCUT2D eigenvalue weighted by Crippen LogP contribution is -2.15. The molecule has 0 aliphatic heterocycles. The molecule has 0 aliphatic rings. The van der Waals surface area contributed by atoms with Gasteiger partial charge in [0, 0.05) is 6.20 Å². The molecule has 0 aliphatic carbocycles. The number of nitrogens with two attached hydrogens (primary N) is 2. The normalized spacial score (nSPS) is 10.2. The Hall–Kier alpha value is -2.70. The lowest BCUT2D eigenvalue weighted by atomic mass is 10.3. The van der Waals surface area contributed by atoms with E-state index in [-0.39, 0.29) is 5.69 Å². The maximum absolute atomic E-state index is 11.0. The summed E-state index contributed by atoms with van der Waals surface area (Å²) >= 11 is 0. The molecule has 0 aromatic carbocycles. The first kappa shape index (κ1) is 12.7. The number of aromatic nitrogens is 3. The summed E-state index contributed by atoms with van der Waals surface area (Å²) in [6, 6.07) is 3.06. The maximum atomic E-state index is 11.0. The number of nitrogen functional groups attached to an aromatic ring is 1. The topological polar surface area (TPSA) is 120 Å². The highest BCUT2D eigenvalue weighted by Gasteiger charge is 2.07. The number of nitrogens with zero attached hydrogens (tertiary/aromatic N) is 3. The highest BCUT2D eigenvalue weighted by atomic mass is 16.1. The summed E-state index contributed by atoms with van der Waals surface area (Å²) in [7, 11) is 0. The first-order valence-corrected chi connectivity index (χ1v) is 5.64. The van der Waals surface area contributed by atoms with Crippen LogP contribution in [0.2, 0.25) is 0 Å². The Morgan fingerprint density at radius 1 is 1.32 bits per heavy atom. The molecule has 5 N–H and O–H groups in total. The smallest absolute Gasteiger partial charge is 0.267 e. The molecule has 19 heavy (non-hydrogen) atoms. The monoisotopic (exact) mass is 258 g/mol. The van der Waals surface area contributed by atoms with E-state index in [1.807, 2.05) is 6.92 Å². The number of carbonyl (C=O) groups excluding carboxylic acids is 1. The molecule has 0 bridgehead atoms. The van der Waals surface area contributed by atoms with Crippen LogP contribution in [0.5, 0.6) is 0 Å². The minimum Gasteiger partial charge on any atom is -0.396 e. The Morgan fingerprint density at radius 2 is 2.11 bits per heavy atom. The average molecular weight is 258 g/mol. The van der Waals surface area contributed by atoms with E-state index >= 15 is 0 Å². The summed E-state index contributed by atoms with van der Waals surface area (Å²) in [5, 5.41) is 3.00. The van der Waals surface area contributed by atoms with Gasteiger partial charge < -0.3 is 16.8 Å². The zero-order chi connectivity index (χ0) is 13.8. The second-order valence-corrected chi connectivity index (χ2v) is 4.00. The van der Waals surface area contributed by atoms with Crippen molar-refractivity contribution >= 4 is 17.4 Å². The van der Waals surface area contributed by atoms with Crippen molar-refractivity contribution in [2.75, 3.05) is 11.1 Å². The van der Waals surface area contributed by atoms with Crippen molar-refractivity contribution in [1.29, 1.82) is 0 Å². The minimum atomic E-state index is -0.599. The lowest BCUT2D eigenvalue weighted by Gasteiger charge is -2.08. The Balaban J connectivity index is 2.12. The quantitative estimate of drug-likeness (QED) is 0.733. The van der Waals surface area contributed by atoms with Gasteiger partial charge in [-0.1, -0.05) is 0 Å². The average Bonchev–Trinajstić information content (AvgIpc) is 2.39. The number of aryl methyl sites for hydroxylation is 1. The van der Waals surface area contributed by atoms with E-state index in [4.69, 9.17) is 11.5 Å². The number of carbonyl (C=O) groups is 1. The Labute approximate surface area is 110 Å². The molecule has 0 unspecified atom stereocenters. The van der Waals surface area contributed by atoms with Crippen LogP contribution in [0.15, 0.2) is 24.5 Å². The number of rotatable bonds is 4. The number of primary amides is 1. The second-order valence-electron chi connectivity index (χ2n) is 4.00. The SMILES string of the molecule is Cc1cnc(CNc2nc(C(N)=O)ccc2N)cn1. The maximum Gasteiger partial charge on any atom is 0.267 e. The third-order valence-corrected chi connectivity index (χ3v) is 2.45. The summed E-state index contributed by atoms with van der Waals surface area (Å²) in [6.45, 7) is 2.27. The molecule has 2 aromatic heterocycles. The van der Waals surface area contributed by atoms with Gasteiger partial charge in [0.25, 0.3) is 5.91 Å². The van der Waals surface area contributed by atoms with Gasteiger partial charge in [-0.3, -0.25) is 14.8 Å². The Morgan fingerprint density at radius 3 is 2.74 bits per heavy atom. The van der Waals surface area contributed by atoms with Crippen LogP contribution in [0, 0.1) is 6.92 Å². The molecule has 0 saturated heterocycles. The van der Waals surface area contributed by atoms with E-state index in [0.29, 0.717) is 18.1 Å². The van der Waals surface area contributed by atoms with Crippen molar-refractivity contribution in [3.8, 4) is 0 Å². The van der Waals surface area contributed by atoms with Crippen molar-refractivity contribution < 1.29 is 4.79 Å². The van der Waals surface area contributed by atoms with Gasteiger partial charge in [-0.15, -0.1) is 0 Å². The van der Waals surface area contributed by atoms with Crippen LogP contribution in [0.25, 0.3) is 0 Å². The molecule has 2 rings (SSSR count). The van der Waals surface area contributed by atoms with Crippen LogP contribution < -0.4 is 16.8 Å². The molecule has 1 amide bonds. The van der Waals surface area contributed by atoms with Crippen LogP contribution in [0.4, 0.5) is 11.5 Å². The summed E-state index contributed by atoms with van der Waals surface area (Å²) in [5.74, 6) is -0.197. The van der Waals surface area contributed by atoms with Crippen molar-refractivity contribution in [2.45, 2.75) is 13.5 Å². The van der Waals surface area contributed by atoms with Crippen LogP contribution in [0.3, 0.4) is 0 Å². The van der Waals surface area contributed by atoms with Crippen LogP contribution >= 0.6 is 0 Å². The number of hydrogen-bond donors (Lipinski definition) is 3. The molecule has 2 aromatic rings. The number of nitrogens with one attached hydrogen (secondary N) is 1. The summed E-state index contributed by atoms with van der Waals surface area (Å²) in [5.41, 5.74) is 13.1. The zero-order valence-corrected chi connectivity index (χ0v) is 10.4. The van der Waals surface area contributed by atoms with Crippen molar-refractivity contribution in [3.05, 3.63) is 41.6 Å². The lowest BCUT2D eigenvalue weighted by molar-refractivity contribution is 0.0996. The number of anilines is 2. The fourth-order valence-corrected chi connectivity index (χ4v) is 1.43. The summed E-state index contributed by atoms with van der Waals surface area (Å²) in [4.78, 5) is 23.4. The second kappa shape index (κ2) is 5.30. The molecule has 0 radical (unpaired) electrons. The minimum absolute atomic E-state index is 0.159. The van der Waals surface area contributed by atoms with Crippen molar-refractivity contribution in [1.82, 2.24) is 15.0 Å². The molecule has 7 nitrogen and oxygen atoms in total. The van der Waals surface area contributed by atoms with Crippen molar-refractivity contribution in [2.24, 2.45) is 5.73 Å². The molecule has 0 atom stereocenters. The van der Waals surface area contributed by atoms with Crippen molar-refractivity contribution in [3.63, 3.8) is 0 Å². The first-order valence-electron chi connectivity index (χ1n) is 5.64. The predicted octanol–water partition coefficient (Wildman–Crippen LogP) is 0.473. The van der Waals surface area contributed by atoms with Gasteiger partial charge in [-0.05, 0) is 19.1 Å². The highest BCUT2D eigenvalue weighted by molar-refractivity contribution is 5.91. The van der Waals surface area contributed by atoms with Gasteiger partial charge >= 0.3 is 0 Å². The number of amides is 1.